The van der Waals surface area contributed by atoms with E-state index in [4.69, 9.17) is 4.74 Å². The van der Waals surface area contributed by atoms with Gasteiger partial charge in [-0.2, -0.15) is 0 Å². The summed E-state index contributed by atoms with van der Waals surface area (Å²) < 4.78 is 6.26. The van der Waals surface area contributed by atoms with Gasteiger partial charge in [0.05, 0.1) is 23.5 Å². The number of rotatable bonds is 0. The van der Waals surface area contributed by atoms with Gasteiger partial charge in [0.15, 0.2) is 5.78 Å². The van der Waals surface area contributed by atoms with Crippen molar-refractivity contribution in [1.29, 1.82) is 0 Å². The number of allylic oxidation sites excluding steroid dienone is 1. The molecule has 7 rings (SSSR count). The van der Waals surface area contributed by atoms with Crippen molar-refractivity contribution in [3.63, 3.8) is 0 Å². The average Bonchev–Trinajstić information content (AvgIpc) is 3.15. The average molecular weight is 371 g/mol. The van der Waals surface area contributed by atoms with Crippen molar-refractivity contribution < 1.29 is 19.4 Å². The molecule has 1 amide bonds. The second kappa shape index (κ2) is 4.85. The highest BCUT2D eigenvalue weighted by Crippen LogP contribution is 2.74. The standard InChI is InChI=1S/C22H29NO4/c1-12-13-4-7-22(17(12)25)15(10-13)21-6-3-5-20(2,14(21)11-16(22)24)18(26)23-8-9-27-19(21)23/h13-16,19,24H,1,3-11H2,2H3/t13-,14?,15?,16+,19-,20+,21-,22+/m0/s1. The molecule has 0 aromatic rings. The molecule has 2 saturated heterocycles. The van der Waals surface area contributed by atoms with Crippen molar-refractivity contribution in [2.75, 3.05) is 13.2 Å². The fourth-order valence-corrected chi connectivity index (χ4v) is 8.73. The van der Waals surface area contributed by atoms with Crippen LogP contribution >= 0.6 is 0 Å². The van der Waals surface area contributed by atoms with Gasteiger partial charge in [-0.25, -0.2) is 0 Å². The van der Waals surface area contributed by atoms with Crippen LogP contribution in [0.1, 0.15) is 51.9 Å². The number of Topliss-reactive ketones (excluding diaryl/α,β-unsaturated/α-hetero) is 1. The highest BCUT2D eigenvalue weighted by Gasteiger charge is 2.77. The van der Waals surface area contributed by atoms with E-state index in [0.717, 1.165) is 44.1 Å². The molecule has 7 fully saturated rings. The quantitative estimate of drug-likeness (QED) is 0.664. The maximum atomic E-state index is 13.4. The van der Waals surface area contributed by atoms with Crippen LogP contribution < -0.4 is 0 Å². The van der Waals surface area contributed by atoms with Crippen LogP contribution in [-0.2, 0) is 14.3 Å². The number of hydrogen-bond acceptors (Lipinski definition) is 4. The number of amides is 1. The molecule has 27 heavy (non-hydrogen) atoms. The first-order chi connectivity index (χ1) is 12.9. The maximum absolute atomic E-state index is 13.4. The summed E-state index contributed by atoms with van der Waals surface area (Å²) in [5.41, 5.74) is -0.576. The van der Waals surface area contributed by atoms with Crippen molar-refractivity contribution in [3.05, 3.63) is 12.2 Å². The summed E-state index contributed by atoms with van der Waals surface area (Å²) >= 11 is 0. The zero-order valence-corrected chi connectivity index (χ0v) is 16.1. The molecule has 0 aromatic heterocycles. The topological polar surface area (TPSA) is 66.8 Å². The Bertz CT molecular complexity index is 778. The minimum Gasteiger partial charge on any atom is -0.392 e. The van der Waals surface area contributed by atoms with Crippen LogP contribution in [0.2, 0.25) is 0 Å². The van der Waals surface area contributed by atoms with Crippen LogP contribution in [0.25, 0.3) is 0 Å². The van der Waals surface area contributed by atoms with E-state index in [1.54, 1.807) is 0 Å². The Balaban J connectivity index is 1.59. The van der Waals surface area contributed by atoms with Gasteiger partial charge in [-0.3, -0.25) is 9.59 Å². The Hall–Kier alpha value is -1.20. The van der Waals surface area contributed by atoms with E-state index in [2.05, 4.69) is 13.5 Å². The van der Waals surface area contributed by atoms with Gasteiger partial charge in [0.2, 0.25) is 5.91 Å². The fourth-order valence-electron chi connectivity index (χ4n) is 8.73. The van der Waals surface area contributed by atoms with Crippen LogP contribution in [0.5, 0.6) is 0 Å². The second-order valence-corrected chi connectivity index (χ2v) is 10.3. The van der Waals surface area contributed by atoms with E-state index in [0.29, 0.717) is 19.6 Å². The molecule has 1 spiro atoms. The second-order valence-electron chi connectivity index (χ2n) is 10.3. The summed E-state index contributed by atoms with van der Waals surface area (Å²) in [5, 5.41) is 11.4. The zero-order chi connectivity index (χ0) is 18.8. The summed E-state index contributed by atoms with van der Waals surface area (Å²) in [4.78, 5) is 28.8. The minimum atomic E-state index is -0.696. The molecule has 2 heterocycles. The molecule has 146 valence electrons. The molecule has 5 saturated carbocycles. The fraction of sp³-hybridized carbons (Fsp3) is 0.818. The third kappa shape index (κ3) is 1.56. The van der Waals surface area contributed by atoms with E-state index in [1.807, 2.05) is 4.90 Å². The molecule has 7 aliphatic rings. The first kappa shape index (κ1) is 16.7. The first-order valence-corrected chi connectivity index (χ1v) is 10.7. The summed E-state index contributed by atoms with van der Waals surface area (Å²) in [5.74, 6) is 0.782. The monoisotopic (exact) mass is 371 g/mol. The van der Waals surface area contributed by atoms with Crippen molar-refractivity contribution in [3.8, 4) is 0 Å². The summed E-state index contributed by atoms with van der Waals surface area (Å²) in [7, 11) is 0. The summed E-state index contributed by atoms with van der Waals surface area (Å²) in [6, 6.07) is 0. The van der Waals surface area contributed by atoms with E-state index < -0.39 is 16.9 Å². The van der Waals surface area contributed by atoms with E-state index >= 15 is 0 Å². The van der Waals surface area contributed by atoms with Gasteiger partial charge in [0.1, 0.15) is 6.23 Å². The molecule has 8 atom stereocenters. The van der Waals surface area contributed by atoms with Gasteiger partial charge < -0.3 is 14.7 Å². The number of hydrogen-bond donors (Lipinski definition) is 1. The first-order valence-electron chi connectivity index (χ1n) is 10.7. The number of ether oxygens (including phenoxy) is 1. The Morgan fingerprint density at radius 3 is 2.81 bits per heavy atom. The Morgan fingerprint density at radius 2 is 2.00 bits per heavy atom. The zero-order valence-electron chi connectivity index (χ0n) is 16.1. The van der Waals surface area contributed by atoms with Crippen LogP contribution in [-0.4, -0.2) is 47.2 Å². The lowest BCUT2D eigenvalue weighted by atomic mass is 9.34. The third-order valence-corrected chi connectivity index (χ3v) is 9.78. The molecule has 2 unspecified atom stereocenters. The van der Waals surface area contributed by atoms with Gasteiger partial charge >= 0.3 is 0 Å². The van der Waals surface area contributed by atoms with Crippen LogP contribution in [0.3, 0.4) is 0 Å². The van der Waals surface area contributed by atoms with Gasteiger partial charge in [-0.05, 0) is 61.9 Å². The summed E-state index contributed by atoms with van der Waals surface area (Å²) in [6.07, 6.45) is 5.24. The number of aliphatic hydroxyl groups excluding tert-OH is 1. The van der Waals surface area contributed by atoms with Crippen molar-refractivity contribution in [1.82, 2.24) is 4.90 Å². The van der Waals surface area contributed by atoms with Crippen molar-refractivity contribution in [2.45, 2.75) is 64.2 Å². The Kier molecular flexibility index (Phi) is 3.01. The normalized spacial score (nSPS) is 56.0. The third-order valence-electron chi connectivity index (χ3n) is 9.78. The number of piperidine rings is 1. The number of carbonyl (C=O) groups excluding carboxylic acids is 2. The highest BCUT2D eigenvalue weighted by molar-refractivity contribution is 6.02. The largest absolute Gasteiger partial charge is 0.392 e. The predicted octanol–water partition coefficient (Wildman–Crippen LogP) is 2.28. The molecule has 4 bridgehead atoms. The van der Waals surface area contributed by atoms with E-state index in [9.17, 15) is 14.7 Å². The van der Waals surface area contributed by atoms with E-state index in [-0.39, 0.29) is 41.1 Å². The molecule has 5 aliphatic carbocycles. The molecule has 0 aromatic carbocycles. The SMILES string of the molecule is C=C1C(=O)[C@]23CC[C@H]1CC2[C@@]12CCC[C@@](C)(C(=O)N4CCO[C@H]41)C2C[C@H]3O. The number of carbonyl (C=O) groups is 2. The van der Waals surface area contributed by atoms with Gasteiger partial charge in [0.25, 0.3) is 0 Å². The van der Waals surface area contributed by atoms with Crippen LogP contribution in [0, 0.1) is 34.0 Å². The van der Waals surface area contributed by atoms with Crippen LogP contribution in [0.4, 0.5) is 0 Å². The lowest BCUT2D eigenvalue weighted by molar-refractivity contribution is -0.281. The predicted molar refractivity (Wildman–Crippen MR) is 97.4 cm³/mol. The summed E-state index contributed by atoms with van der Waals surface area (Å²) in [6.45, 7) is 7.49. The maximum Gasteiger partial charge on any atom is 0.230 e. The number of fused-ring (bicyclic) bond motifs is 3. The minimum absolute atomic E-state index is 0.105. The lowest BCUT2D eigenvalue weighted by Crippen LogP contribution is -2.77. The number of nitrogens with zero attached hydrogens (tertiary/aromatic N) is 1. The van der Waals surface area contributed by atoms with Crippen molar-refractivity contribution in [2.24, 2.45) is 34.0 Å². The molecular formula is C22H29NO4. The van der Waals surface area contributed by atoms with Gasteiger partial charge in [0, 0.05) is 12.0 Å². The number of aliphatic hydroxyl groups is 1. The molecule has 5 heteroatoms. The molecule has 2 aliphatic heterocycles. The van der Waals surface area contributed by atoms with Crippen LogP contribution in [0.15, 0.2) is 12.2 Å². The van der Waals surface area contributed by atoms with Crippen molar-refractivity contribution >= 4 is 11.7 Å². The lowest BCUT2D eigenvalue weighted by Gasteiger charge is -2.72. The Labute approximate surface area is 160 Å². The molecular weight excluding hydrogens is 342 g/mol. The molecule has 0 radical (unpaired) electrons. The van der Waals surface area contributed by atoms with Gasteiger partial charge in [-0.1, -0.05) is 19.9 Å². The highest BCUT2D eigenvalue weighted by atomic mass is 16.5. The van der Waals surface area contributed by atoms with E-state index in [1.165, 1.54) is 0 Å². The van der Waals surface area contributed by atoms with Gasteiger partial charge in [-0.15, -0.1) is 0 Å². The number of ketones is 1. The molecule has 5 nitrogen and oxygen atoms in total. The smallest absolute Gasteiger partial charge is 0.230 e. The Morgan fingerprint density at radius 1 is 1.19 bits per heavy atom. The molecule has 1 N–H and O–H groups in total.